The smallest absolute Gasteiger partial charge is 0.0998 e. The van der Waals surface area contributed by atoms with E-state index in [0.717, 1.165) is 28.2 Å². The molecule has 0 aliphatic carbocycles. The summed E-state index contributed by atoms with van der Waals surface area (Å²) in [6, 6.07) is 41.0. The van der Waals surface area contributed by atoms with Crippen molar-refractivity contribution in [2.24, 2.45) is 0 Å². The lowest BCUT2D eigenvalue weighted by Gasteiger charge is -2.25. The zero-order valence-electron chi connectivity index (χ0n) is 15.9. The number of hydrogen-bond acceptors (Lipinski definition) is 2. The summed E-state index contributed by atoms with van der Waals surface area (Å²) in [5.41, 5.74) is 5.84. The largest absolute Gasteiger partial charge is 0.311 e. The topological polar surface area (TPSA) is 27.0 Å². The first-order chi connectivity index (χ1) is 14.3. The van der Waals surface area contributed by atoms with Gasteiger partial charge in [0.1, 0.15) is 0 Å². The van der Waals surface area contributed by atoms with Crippen molar-refractivity contribution in [2.45, 2.75) is 0 Å². The van der Waals surface area contributed by atoms with Crippen molar-refractivity contribution in [1.82, 2.24) is 0 Å². The van der Waals surface area contributed by atoms with E-state index in [1.54, 1.807) is 0 Å². The maximum absolute atomic E-state index is 9.55. The second-order valence-corrected chi connectivity index (χ2v) is 6.63. The van der Waals surface area contributed by atoms with Crippen LogP contribution in [-0.2, 0) is 0 Å². The molecule has 0 aliphatic rings. The van der Waals surface area contributed by atoms with Crippen LogP contribution in [0.25, 0.3) is 11.6 Å². The number of benzene rings is 4. The van der Waals surface area contributed by atoms with Gasteiger partial charge in [-0.25, -0.2) is 0 Å². The Hall–Kier alpha value is -4.09. The van der Waals surface area contributed by atoms with Gasteiger partial charge in [-0.05, 0) is 53.6 Å². The molecular formula is C27H20N2. The zero-order chi connectivity index (χ0) is 19.9. The van der Waals surface area contributed by atoms with Gasteiger partial charge in [0.2, 0.25) is 0 Å². The maximum atomic E-state index is 9.55. The van der Waals surface area contributed by atoms with Gasteiger partial charge in [0.05, 0.1) is 11.6 Å². The van der Waals surface area contributed by atoms with Crippen LogP contribution in [0.3, 0.4) is 0 Å². The predicted octanol–water partition coefficient (Wildman–Crippen LogP) is 7.22. The molecule has 138 valence electrons. The van der Waals surface area contributed by atoms with Crippen LogP contribution in [0.5, 0.6) is 0 Å². The summed E-state index contributed by atoms with van der Waals surface area (Å²) in [4.78, 5) is 2.22. The number of nitriles is 1. The summed E-state index contributed by atoms with van der Waals surface area (Å²) < 4.78 is 0. The molecule has 0 saturated carbocycles. The lowest BCUT2D eigenvalue weighted by molar-refractivity contribution is 1.28. The first kappa shape index (κ1) is 18.3. The van der Waals surface area contributed by atoms with Crippen LogP contribution in [0.1, 0.15) is 11.1 Å². The summed E-state index contributed by atoms with van der Waals surface area (Å²) in [5, 5.41) is 9.55. The lowest BCUT2D eigenvalue weighted by Crippen LogP contribution is -2.09. The highest BCUT2D eigenvalue weighted by molar-refractivity contribution is 5.90. The van der Waals surface area contributed by atoms with E-state index in [4.69, 9.17) is 0 Å². The summed E-state index contributed by atoms with van der Waals surface area (Å²) in [6.45, 7) is 0. The normalized spacial score (nSPS) is 10.9. The molecule has 4 aromatic rings. The van der Waals surface area contributed by atoms with Crippen molar-refractivity contribution >= 4 is 28.7 Å². The molecule has 0 amide bonds. The van der Waals surface area contributed by atoms with Crippen molar-refractivity contribution < 1.29 is 0 Å². The lowest BCUT2D eigenvalue weighted by atomic mass is 10.0. The Labute approximate surface area is 171 Å². The molecule has 0 fully saturated rings. The monoisotopic (exact) mass is 372 g/mol. The Kier molecular flexibility index (Phi) is 5.50. The number of hydrogen-bond donors (Lipinski definition) is 0. The molecule has 0 bridgehead atoms. The standard InChI is InChI=1S/C27H20N2/c28-21-24(23-10-4-1-5-11-23)20-22-16-18-27(19-17-22)29(25-12-6-2-7-13-25)26-14-8-3-9-15-26/h1-20H/b24-20+. The maximum Gasteiger partial charge on any atom is 0.0998 e. The number of nitrogens with zero attached hydrogens (tertiary/aromatic N) is 2. The minimum Gasteiger partial charge on any atom is -0.311 e. The highest BCUT2D eigenvalue weighted by atomic mass is 15.1. The van der Waals surface area contributed by atoms with Crippen molar-refractivity contribution in [3.05, 3.63) is 126 Å². The molecule has 0 spiro atoms. The van der Waals surface area contributed by atoms with E-state index in [0.29, 0.717) is 5.57 Å². The highest BCUT2D eigenvalue weighted by Crippen LogP contribution is 2.34. The van der Waals surface area contributed by atoms with E-state index >= 15 is 0 Å². The van der Waals surface area contributed by atoms with Gasteiger partial charge in [0.15, 0.2) is 0 Å². The summed E-state index contributed by atoms with van der Waals surface area (Å²) in [7, 11) is 0. The number of anilines is 3. The van der Waals surface area contributed by atoms with Gasteiger partial charge < -0.3 is 4.90 Å². The van der Waals surface area contributed by atoms with Gasteiger partial charge in [-0.3, -0.25) is 0 Å². The van der Waals surface area contributed by atoms with E-state index in [1.165, 1.54) is 0 Å². The van der Waals surface area contributed by atoms with Crippen molar-refractivity contribution in [1.29, 1.82) is 5.26 Å². The quantitative estimate of drug-likeness (QED) is 0.273. The van der Waals surface area contributed by atoms with Gasteiger partial charge in [-0.15, -0.1) is 0 Å². The van der Waals surface area contributed by atoms with Crippen molar-refractivity contribution in [2.75, 3.05) is 4.90 Å². The number of para-hydroxylation sites is 2. The van der Waals surface area contributed by atoms with E-state index < -0.39 is 0 Å². The number of allylic oxidation sites excluding steroid dienone is 1. The molecule has 2 nitrogen and oxygen atoms in total. The summed E-state index contributed by atoms with van der Waals surface area (Å²) in [6.07, 6.45) is 1.93. The Bertz CT molecular complexity index is 1080. The SMILES string of the molecule is N#C/C(=C\c1ccc(N(c2ccccc2)c2ccccc2)cc1)c1ccccc1. The average molecular weight is 372 g/mol. The third-order valence-electron chi connectivity index (χ3n) is 4.70. The zero-order valence-corrected chi connectivity index (χ0v) is 15.9. The highest BCUT2D eigenvalue weighted by Gasteiger charge is 2.11. The van der Waals surface area contributed by atoms with Gasteiger partial charge in [0, 0.05) is 17.1 Å². The third-order valence-corrected chi connectivity index (χ3v) is 4.70. The molecule has 0 N–H and O–H groups in total. The van der Waals surface area contributed by atoms with E-state index in [2.05, 4.69) is 59.5 Å². The molecule has 0 unspecified atom stereocenters. The van der Waals surface area contributed by atoms with Crippen LogP contribution in [0.2, 0.25) is 0 Å². The van der Waals surface area contributed by atoms with Crippen molar-refractivity contribution in [3.8, 4) is 6.07 Å². The molecule has 4 aromatic carbocycles. The van der Waals surface area contributed by atoms with Gasteiger partial charge in [0.25, 0.3) is 0 Å². The molecule has 0 radical (unpaired) electrons. The van der Waals surface area contributed by atoms with E-state index in [-0.39, 0.29) is 0 Å². The Morgan fingerprint density at radius 2 is 1.03 bits per heavy atom. The summed E-state index contributed by atoms with van der Waals surface area (Å²) >= 11 is 0. The molecule has 0 aliphatic heterocycles. The van der Waals surface area contributed by atoms with Gasteiger partial charge >= 0.3 is 0 Å². The van der Waals surface area contributed by atoms with E-state index in [1.807, 2.05) is 72.8 Å². The predicted molar refractivity (Wildman–Crippen MR) is 121 cm³/mol. The molecule has 0 aromatic heterocycles. The first-order valence-corrected chi connectivity index (χ1v) is 9.53. The van der Waals surface area contributed by atoms with Crippen LogP contribution < -0.4 is 4.90 Å². The molecule has 2 heteroatoms. The van der Waals surface area contributed by atoms with E-state index in [9.17, 15) is 5.26 Å². The average Bonchev–Trinajstić information content (AvgIpc) is 2.81. The molecule has 0 heterocycles. The second kappa shape index (κ2) is 8.73. The Balaban J connectivity index is 1.70. The van der Waals surface area contributed by atoms with Crippen LogP contribution in [0.4, 0.5) is 17.1 Å². The third kappa shape index (κ3) is 4.26. The van der Waals surface area contributed by atoms with Crippen LogP contribution in [0, 0.1) is 11.3 Å². The fourth-order valence-corrected chi connectivity index (χ4v) is 3.29. The molecule has 4 rings (SSSR count). The fourth-order valence-electron chi connectivity index (χ4n) is 3.29. The minimum atomic E-state index is 0.654. The van der Waals surface area contributed by atoms with Crippen LogP contribution in [0.15, 0.2) is 115 Å². The Morgan fingerprint density at radius 1 is 0.586 bits per heavy atom. The second-order valence-electron chi connectivity index (χ2n) is 6.63. The molecule has 0 atom stereocenters. The van der Waals surface area contributed by atoms with Crippen molar-refractivity contribution in [3.63, 3.8) is 0 Å². The first-order valence-electron chi connectivity index (χ1n) is 9.53. The van der Waals surface area contributed by atoms with Crippen LogP contribution in [-0.4, -0.2) is 0 Å². The molecule has 0 saturated heterocycles. The summed E-state index contributed by atoms with van der Waals surface area (Å²) in [5.74, 6) is 0. The molecule has 29 heavy (non-hydrogen) atoms. The number of rotatable bonds is 5. The van der Waals surface area contributed by atoms with Crippen LogP contribution >= 0.6 is 0 Å². The minimum absolute atomic E-state index is 0.654. The Morgan fingerprint density at radius 3 is 1.52 bits per heavy atom. The van der Waals surface area contributed by atoms with Gasteiger partial charge in [-0.2, -0.15) is 5.26 Å². The fraction of sp³-hybridized carbons (Fsp3) is 0. The van der Waals surface area contributed by atoms with Gasteiger partial charge in [-0.1, -0.05) is 78.9 Å². The molecular weight excluding hydrogens is 352 g/mol.